The number of ether oxygens (including phenoxy) is 1. The van der Waals surface area contributed by atoms with Crippen LogP contribution in [-0.2, 0) is 14.3 Å². The standard InChI is InChI=1S/C14H23NO4/c1-9(10(2)14(17)18)13(16)15-7-8-19-12-6-4-3-5-11(12)15/h9-12H,3-8H2,1-2H3,(H,17,18). The van der Waals surface area contributed by atoms with E-state index in [1.54, 1.807) is 13.8 Å². The summed E-state index contributed by atoms with van der Waals surface area (Å²) in [6.07, 6.45) is 4.42. The van der Waals surface area contributed by atoms with Crippen molar-refractivity contribution in [1.82, 2.24) is 4.90 Å². The summed E-state index contributed by atoms with van der Waals surface area (Å²) in [6.45, 7) is 4.48. The van der Waals surface area contributed by atoms with Crippen LogP contribution in [-0.4, -0.2) is 47.2 Å². The van der Waals surface area contributed by atoms with E-state index in [0.29, 0.717) is 13.2 Å². The van der Waals surface area contributed by atoms with Gasteiger partial charge in [0.1, 0.15) is 0 Å². The number of carboxylic acid groups (broad SMARTS) is 1. The van der Waals surface area contributed by atoms with Gasteiger partial charge in [0.2, 0.25) is 5.91 Å². The lowest BCUT2D eigenvalue weighted by Crippen LogP contribution is -2.56. The molecule has 0 aromatic heterocycles. The van der Waals surface area contributed by atoms with Crippen molar-refractivity contribution < 1.29 is 19.4 Å². The fourth-order valence-corrected chi connectivity index (χ4v) is 3.06. The summed E-state index contributed by atoms with van der Waals surface area (Å²) in [4.78, 5) is 25.4. The molecule has 2 fully saturated rings. The number of amides is 1. The van der Waals surface area contributed by atoms with E-state index in [4.69, 9.17) is 9.84 Å². The summed E-state index contributed by atoms with van der Waals surface area (Å²) >= 11 is 0. The van der Waals surface area contributed by atoms with Gasteiger partial charge >= 0.3 is 5.97 Å². The molecule has 19 heavy (non-hydrogen) atoms. The molecule has 1 saturated carbocycles. The first kappa shape index (κ1) is 14.3. The maximum Gasteiger partial charge on any atom is 0.307 e. The number of nitrogens with zero attached hydrogens (tertiary/aromatic N) is 1. The minimum absolute atomic E-state index is 0.0323. The van der Waals surface area contributed by atoms with E-state index in [1.807, 2.05) is 4.90 Å². The molecule has 1 aliphatic carbocycles. The molecule has 1 N–H and O–H groups in total. The Bertz CT molecular complexity index is 355. The minimum atomic E-state index is -0.908. The highest BCUT2D eigenvalue weighted by atomic mass is 16.5. The van der Waals surface area contributed by atoms with Gasteiger partial charge in [-0.25, -0.2) is 0 Å². The van der Waals surface area contributed by atoms with Crippen molar-refractivity contribution >= 4 is 11.9 Å². The van der Waals surface area contributed by atoms with Gasteiger partial charge in [-0.1, -0.05) is 26.7 Å². The van der Waals surface area contributed by atoms with Gasteiger partial charge in [-0.2, -0.15) is 0 Å². The van der Waals surface area contributed by atoms with Crippen LogP contribution in [0.3, 0.4) is 0 Å². The summed E-state index contributed by atoms with van der Waals surface area (Å²) in [6, 6.07) is 0.151. The zero-order valence-corrected chi connectivity index (χ0v) is 11.7. The molecule has 5 heteroatoms. The predicted octanol–water partition coefficient (Wildman–Crippen LogP) is 1.51. The Labute approximate surface area is 113 Å². The first-order valence-electron chi connectivity index (χ1n) is 7.17. The summed E-state index contributed by atoms with van der Waals surface area (Å²) in [5.74, 6) is -2.06. The summed E-state index contributed by atoms with van der Waals surface area (Å²) in [5, 5.41) is 9.04. The van der Waals surface area contributed by atoms with Crippen LogP contribution < -0.4 is 0 Å². The van der Waals surface area contributed by atoms with Crippen LogP contribution in [0.4, 0.5) is 0 Å². The van der Waals surface area contributed by atoms with Gasteiger partial charge in [0.25, 0.3) is 0 Å². The average molecular weight is 269 g/mol. The smallest absolute Gasteiger partial charge is 0.307 e. The van der Waals surface area contributed by atoms with Crippen molar-refractivity contribution in [3.63, 3.8) is 0 Å². The molecular weight excluding hydrogens is 246 g/mol. The summed E-state index contributed by atoms with van der Waals surface area (Å²) < 4.78 is 5.74. The molecule has 2 rings (SSSR count). The molecule has 1 aliphatic heterocycles. The normalized spacial score (nSPS) is 30.3. The Balaban J connectivity index is 2.06. The van der Waals surface area contributed by atoms with Crippen LogP contribution >= 0.6 is 0 Å². The van der Waals surface area contributed by atoms with E-state index in [1.165, 1.54) is 0 Å². The third-order valence-corrected chi connectivity index (χ3v) is 4.54. The molecule has 0 aromatic rings. The molecule has 1 heterocycles. The van der Waals surface area contributed by atoms with Gasteiger partial charge in [0.05, 0.1) is 24.7 Å². The van der Waals surface area contributed by atoms with E-state index >= 15 is 0 Å². The van der Waals surface area contributed by atoms with Gasteiger partial charge in [-0.3, -0.25) is 9.59 Å². The Hall–Kier alpha value is -1.10. The second-order valence-electron chi connectivity index (χ2n) is 5.71. The van der Waals surface area contributed by atoms with Crippen molar-refractivity contribution in [2.75, 3.05) is 13.2 Å². The molecule has 5 nitrogen and oxygen atoms in total. The number of aliphatic carboxylic acids is 1. The molecule has 1 amide bonds. The SMILES string of the molecule is CC(C(=O)O)C(C)C(=O)N1CCOC2CCCCC21. The molecule has 108 valence electrons. The Morgan fingerprint density at radius 3 is 2.58 bits per heavy atom. The molecule has 0 spiro atoms. The van der Waals surface area contributed by atoms with E-state index in [2.05, 4.69) is 0 Å². The molecule has 1 saturated heterocycles. The lowest BCUT2D eigenvalue weighted by molar-refractivity contribution is -0.159. The van der Waals surface area contributed by atoms with Crippen LogP contribution in [0.2, 0.25) is 0 Å². The maximum atomic E-state index is 12.5. The summed E-state index contributed by atoms with van der Waals surface area (Å²) in [7, 11) is 0. The summed E-state index contributed by atoms with van der Waals surface area (Å²) in [5.41, 5.74) is 0. The molecule has 0 aromatic carbocycles. The number of carbonyl (C=O) groups is 2. The van der Waals surface area contributed by atoms with Crippen molar-refractivity contribution in [2.24, 2.45) is 11.8 Å². The molecule has 0 bridgehead atoms. The quantitative estimate of drug-likeness (QED) is 0.843. The third kappa shape index (κ3) is 2.91. The Morgan fingerprint density at radius 1 is 1.21 bits per heavy atom. The highest BCUT2D eigenvalue weighted by molar-refractivity contribution is 5.84. The average Bonchev–Trinajstić information content (AvgIpc) is 2.44. The first-order chi connectivity index (χ1) is 9.02. The van der Waals surface area contributed by atoms with E-state index in [-0.39, 0.29) is 18.1 Å². The molecule has 4 unspecified atom stereocenters. The topological polar surface area (TPSA) is 66.8 Å². The number of morpholine rings is 1. The second kappa shape index (κ2) is 5.90. The fourth-order valence-electron chi connectivity index (χ4n) is 3.06. The Kier molecular flexibility index (Phi) is 4.45. The lowest BCUT2D eigenvalue weighted by atomic mass is 9.88. The van der Waals surface area contributed by atoms with E-state index < -0.39 is 17.8 Å². The van der Waals surface area contributed by atoms with Crippen LogP contribution in [0.1, 0.15) is 39.5 Å². The second-order valence-corrected chi connectivity index (χ2v) is 5.71. The van der Waals surface area contributed by atoms with Crippen molar-refractivity contribution in [1.29, 1.82) is 0 Å². The van der Waals surface area contributed by atoms with E-state index in [0.717, 1.165) is 25.7 Å². The van der Waals surface area contributed by atoms with Crippen molar-refractivity contribution in [3.05, 3.63) is 0 Å². The highest BCUT2D eigenvalue weighted by Gasteiger charge is 2.39. The van der Waals surface area contributed by atoms with Gasteiger partial charge in [0.15, 0.2) is 0 Å². The number of rotatable bonds is 3. The molecule has 4 atom stereocenters. The largest absolute Gasteiger partial charge is 0.481 e. The number of carbonyl (C=O) groups excluding carboxylic acids is 1. The monoisotopic (exact) mass is 269 g/mol. The predicted molar refractivity (Wildman–Crippen MR) is 69.7 cm³/mol. The number of carboxylic acids is 1. The number of fused-ring (bicyclic) bond motifs is 1. The highest BCUT2D eigenvalue weighted by Crippen LogP contribution is 2.30. The van der Waals surface area contributed by atoms with Gasteiger partial charge in [0, 0.05) is 12.5 Å². The van der Waals surface area contributed by atoms with Crippen LogP contribution in [0, 0.1) is 11.8 Å². The maximum absolute atomic E-state index is 12.5. The van der Waals surface area contributed by atoms with Crippen LogP contribution in [0.15, 0.2) is 0 Å². The lowest BCUT2D eigenvalue weighted by Gasteiger charge is -2.44. The number of hydrogen-bond donors (Lipinski definition) is 1. The zero-order valence-electron chi connectivity index (χ0n) is 11.7. The van der Waals surface area contributed by atoms with Crippen LogP contribution in [0.25, 0.3) is 0 Å². The Morgan fingerprint density at radius 2 is 1.89 bits per heavy atom. The van der Waals surface area contributed by atoms with E-state index in [9.17, 15) is 9.59 Å². The minimum Gasteiger partial charge on any atom is -0.481 e. The van der Waals surface area contributed by atoms with Gasteiger partial charge in [-0.15, -0.1) is 0 Å². The van der Waals surface area contributed by atoms with Crippen molar-refractivity contribution in [3.8, 4) is 0 Å². The zero-order chi connectivity index (χ0) is 14.0. The molecule has 0 radical (unpaired) electrons. The molecule has 2 aliphatic rings. The van der Waals surface area contributed by atoms with Crippen LogP contribution in [0.5, 0.6) is 0 Å². The molecular formula is C14H23NO4. The first-order valence-corrected chi connectivity index (χ1v) is 7.17. The fraction of sp³-hybridized carbons (Fsp3) is 0.857. The third-order valence-electron chi connectivity index (χ3n) is 4.54. The van der Waals surface area contributed by atoms with Gasteiger partial charge < -0.3 is 14.7 Å². The van der Waals surface area contributed by atoms with Gasteiger partial charge in [-0.05, 0) is 12.8 Å². The number of hydrogen-bond acceptors (Lipinski definition) is 3. The van der Waals surface area contributed by atoms with Crippen molar-refractivity contribution in [2.45, 2.75) is 51.7 Å².